The molecule has 7 nitrogen and oxygen atoms in total. The summed E-state index contributed by atoms with van der Waals surface area (Å²) in [6.45, 7) is 11.5. The van der Waals surface area contributed by atoms with Gasteiger partial charge in [-0.3, -0.25) is 0 Å². The molecule has 1 heterocycles. The van der Waals surface area contributed by atoms with E-state index in [0.29, 0.717) is 6.42 Å². The maximum Gasteiger partial charge on any atom is 0.407 e. The SMILES string of the molecule is CCCCC[C@@H](NC(=O)OC(C)(C)C)[C@@H](O)[C@H]1NC(=O)OCC1(C)C. The fourth-order valence-electron chi connectivity index (χ4n) is 2.89. The number of rotatable bonds is 7. The third-order valence-corrected chi connectivity index (χ3v) is 4.27. The van der Waals surface area contributed by atoms with E-state index in [4.69, 9.17) is 9.47 Å². The summed E-state index contributed by atoms with van der Waals surface area (Å²) in [5, 5.41) is 16.4. The molecule has 146 valence electrons. The normalized spacial score (nSPS) is 22.4. The zero-order valence-electron chi connectivity index (χ0n) is 16.3. The van der Waals surface area contributed by atoms with Gasteiger partial charge in [-0.05, 0) is 27.2 Å². The summed E-state index contributed by atoms with van der Waals surface area (Å²) >= 11 is 0. The molecule has 25 heavy (non-hydrogen) atoms. The number of aliphatic hydroxyl groups excluding tert-OH is 1. The van der Waals surface area contributed by atoms with Gasteiger partial charge in [-0.1, -0.05) is 40.0 Å². The highest BCUT2D eigenvalue weighted by molar-refractivity contribution is 5.69. The van der Waals surface area contributed by atoms with E-state index < -0.39 is 41.4 Å². The Morgan fingerprint density at radius 3 is 2.64 bits per heavy atom. The Balaban J connectivity index is 2.85. The Morgan fingerprint density at radius 2 is 2.08 bits per heavy atom. The van der Waals surface area contributed by atoms with Crippen LogP contribution in [0, 0.1) is 5.41 Å². The van der Waals surface area contributed by atoms with Crippen molar-refractivity contribution in [1.82, 2.24) is 10.6 Å². The van der Waals surface area contributed by atoms with Gasteiger partial charge in [0.1, 0.15) is 12.2 Å². The zero-order valence-corrected chi connectivity index (χ0v) is 16.3. The van der Waals surface area contributed by atoms with Crippen LogP contribution in [-0.2, 0) is 9.47 Å². The van der Waals surface area contributed by atoms with Crippen LogP contribution in [0.2, 0.25) is 0 Å². The minimum absolute atomic E-state index is 0.217. The number of nitrogens with one attached hydrogen (secondary N) is 2. The summed E-state index contributed by atoms with van der Waals surface area (Å²) in [5.41, 5.74) is -1.07. The van der Waals surface area contributed by atoms with Crippen molar-refractivity contribution >= 4 is 12.2 Å². The number of cyclic esters (lactones) is 1. The third kappa shape index (κ3) is 7.10. The van der Waals surface area contributed by atoms with Gasteiger partial charge in [0.05, 0.1) is 18.2 Å². The minimum atomic E-state index is -0.938. The van der Waals surface area contributed by atoms with Crippen molar-refractivity contribution in [2.45, 2.75) is 91.0 Å². The van der Waals surface area contributed by atoms with Gasteiger partial charge in [-0.25, -0.2) is 9.59 Å². The molecule has 1 rings (SSSR count). The van der Waals surface area contributed by atoms with Gasteiger partial charge >= 0.3 is 12.2 Å². The van der Waals surface area contributed by atoms with Gasteiger partial charge < -0.3 is 25.2 Å². The molecule has 0 aromatic carbocycles. The molecule has 1 aliphatic heterocycles. The number of alkyl carbamates (subject to hydrolysis) is 2. The fourth-order valence-corrected chi connectivity index (χ4v) is 2.89. The molecule has 0 aromatic heterocycles. The van der Waals surface area contributed by atoms with E-state index in [2.05, 4.69) is 17.6 Å². The van der Waals surface area contributed by atoms with E-state index in [9.17, 15) is 14.7 Å². The van der Waals surface area contributed by atoms with Gasteiger partial charge in [-0.15, -0.1) is 0 Å². The zero-order chi connectivity index (χ0) is 19.3. The minimum Gasteiger partial charge on any atom is -0.449 e. The van der Waals surface area contributed by atoms with Crippen molar-refractivity contribution in [2.75, 3.05) is 6.61 Å². The molecule has 1 saturated heterocycles. The summed E-state index contributed by atoms with van der Waals surface area (Å²) in [6, 6.07) is -1.03. The monoisotopic (exact) mass is 358 g/mol. The van der Waals surface area contributed by atoms with E-state index in [1.807, 2.05) is 13.8 Å². The highest BCUT2D eigenvalue weighted by atomic mass is 16.6. The Labute approximate surface area is 150 Å². The third-order valence-electron chi connectivity index (χ3n) is 4.27. The number of carbonyl (C=O) groups is 2. The highest BCUT2D eigenvalue weighted by Crippen LogP contribution is 2.29. The standard InChI is InChI=1S/C18H34N2O5/c1-7-8-9-10-12(19-16(23)25-17(2,3)4)13(21)14-18(5,6)11-24-15(22)20-14/h12-14,21H,7-11H2,1-6H3,(H,19,23)(H,20,22)/t12-,13-,14-/m1/s1. The number of amides is 2. The quantitative estimate of drug-likeness (QED) is 0.608. The van der Waals surface area contributed by atoms with Crippen LogP contribution in [0.5, 0.6) is 0 Å². The van der Waals surface area contributed by atoms with E-state index in [-0.39, 0.29) is 6.61 Å². The topological polar surface area (TPSA) is 96.9 Å². The van der Waals surface area contributed by atoms with Crippen molar-refractivity contribution in [3.63, 3.8) is 0 Å². The molecule has 3 atom stereocenters. The van der Waals surface area contributed by atoms with Crippen LogP contribution in [-0.4, -0.2) is 47.7 Å². The number of aliphatic hydroxyl groups is 1. The molecule has 3 N–H and O–H groups in total. The Hall–Kier alpha value is -1.50. The van der Waals surface area contributed by atoms with Crippen molar-refractivity contribution in [3.05, 3.63) is 0 Å². The van der Waals surface area contributed by atoms with Gasteiger partial charge in [-0.2, -0.15) is 0 Å². The second-order valence-electron chi connectivity index (χ2n) is 8.43. The van der Waals surface area contributed by atoms with Crippen LogP contribution in [0.25, 0.3) is 0 Å². The highest BCUT2D eigenvalue weighted by Gasteiger charge is 2.44. The summed E-state index contributed by atoms with van der Waals surface area (Å²) < 4.78 is 10.3. The predicted octanol–water partition coefficient (Wildman–Crippen LogP) is 2.96. The van der Waals surface area contributed by atoms with Gasteiger partial charge in [0.15, 0.2) is 0 Å². The molecule has 1 aliphatic rings. The van der Waals surface area contributed by atoms with Crippen molar-refractivity contribution in [1.29, 1.82) is 0 Å². The van der Waals surface area contributed by atoms with E-state index in [0.717, 1.165) is 19.3 Å². The largest absolute Gasteiger partial charge is 0.449 e. The average Bonchev–Trinajstić information content (AvgIpc) is 2.46. The second kappa shape index (κ2) is 8.74. The number of hydrogen-bond donors (Lipinski definition) is 3. The predicted molar refractivity (Wildman–Crippen MR) is 95.4 cm³/mol. The molecular weight excluding hydrogens is 324 g/mol. The molecular formula is C18H34N2O5. The molecule has 2 amide bonds. The lowest BCUT2D eigenvalue weighted by Crippen LogP contribution is -2.63. The lowest BCUT2D eigenvalue weighted by Gasteiger charge is -2.43. The Kier molecular flexibility index (Phi) is 7.53. The average molecular weight is 358 g/mol. The van der Waals surface area contributed by atoms with E-state index in [1.54, 1.807) is 20.8 Å². The molecule has 1 fully saturated rings. The van der Waals surface area contributed by atoms with Crippen LogP contribution < -0.4 is 10.6 Å². The Bertz CT molecular complexity index is 459. The second-order valence-corrected chi connectivity index (χ2v) is 8.43. The first-order chi connectivity index (χ1) is 11.5. The first-order valence-electron chi connectivity index (χ1n) is 9.07. The molecule has 7 heteroatoms. The number of ether oxygens (including phenoxy) is 2. The van der Waals surface area contributed by atoms with Crippen molar-refractivity contribution in [3.8, 4) is 0 Å². The maximum absolute atomic E-state index is 12.2. The number of unbranched alkanes of at least 4 members (excludes halogenated alkanes) is 2. The molecule has 0 radical (unpaired) electrons. The first-order valence-corrected chi connectivity index (χ1v) is 9.07. The van der Waals surface area contributed by atoms with Crippen LogP contribution >= 0.6 is 0 Å². The fraction of sp³-hybridized carbons (Fsp3) is 0.889. The molecule has 0 bridgehead atoms. The number of carbonyl (C=O) groups excluding carboxylic acids is 2. The lowest BCUT2D eigenvalue weighted by atomic mass is 9.78. The van der Waals surface area contributed by atoms with Crippen LogP contribution in [0.4, 0.5) is 9.59 Å². The summed E-state index contributed by atoms with van der Waals surface area (Å²) in [5.74, 6) is 0. The molecule has 0 spiro atoms. The van der Waals surface area contributed by atoms with Gasteiger partial charge in [0.25, 0.3) is 0 Å². The van der Waals surface area contributed by atoms with Crippen LogP contribution in [0.3, 0.4) is 0 Å². The summed E-state index contributed by atoms with van der Waals surface area (Å²) in [6.07, 6.45) is 1.46. The summed E-state index contributed by atoms with van der Waals surface area (Å²) in [7, 11) is 0. The summed E-state index contributed by atoms with van der Waals surface area (Å²) in [4.78, 5) is 23.8. The molecule has 0 unspecified atom stereocenters. The maximum atomic E-state index is 12.2. The van der Waals surface area contributed by atoms with Crippen molar-refractivity contribution in [2.24, 2.45) is 5.41 Å². The first kappa shape index (κ1) is 21.5. The Morgan fingerprint density at radius 1 is 1.44 bits per heavy atom. The smallest absolute Gasteiger partial charge is 0.407 e. The van der Waals surface area contributed by atoms with E-state index >= 15 is 0 Å². The van der Waals surface area contributed by atoms with Crippen molar-refractivity contribution < 1.29 is 24.2 Å². The molecule has 0 aromatic rings. The molecule has 0 saturated carbocycles. The van der Waals surface area contributed by atoms with Gasteiger partial charge in [0, 0.05) is 5.41 Å². The lowest BCUT2D eigenvalue weighted by molar-refractivity contribution is -0.0273. The van der Waals surface area contributed by atoms with Crippen LogP contribution in [0.15, 0.2) is 0 Å². The van der Waals surface area contributed by atoms with E-state index in [1.165, 1.54) is 0 Å². The van der Waals surface area contributed by atoms with Gasteiger partial charge in [0.2, 0.25) is 0 Å². The molecule has 0 aliphatic carbocycles. The van der Waals surface area contributed by atoms with Crippen LogP contribution in [0.1, 0.15) is 67.2 Å². The number of hydrogen-bond acceptors (Lipinski definition) is 5.